The third kappa shape index (κ3) is 11.5. The molecule has 3 N–H and O–H groups in total. The van der Waals surface area contributed by atoms with Crippen LogP contribution in [0.2, 0.25) is 0 Å². The number of aryl methyl sites for hydroxylation is 2. The lowest BCUT2D eigenvalue weighted by Crippen LogP contribution is -2.49. The average Bonchev–Trinajstić information content (AvgIpc) is 2.91. The van der Waals surface area contributed by atoms with Crippen molar-refractivity contribution in [2.24, 2.45) is 11.8 Å². The van der Waals surface area contributed by atoms with Gasteiger partial charge in [0.1, 0.15) is 23.6 Å². The highest BCUT2D eigenvalue weighted by molar-refractivity contribution is 7.59. The van der Waals surface area contributed by atoms with E-state index in [0.717, 1.165) is 27.8 Å². The number of aromatic hydroxyl groups is 1. The van der Waals surface area contributed by atoms with E-state index < -0.39 is 31.5 Å². The lowest BCUT2D eigenvalue weighted by atomic mass is 9.93. The zero-order valence-corrected chi connectivity index (χ0v) is 30.1. The van der Waals surface area contributed by atoms with Crippen molar-refractivity contribution < 1.29 is 33.5 Å². The van der Waals surface area contributed by atoms with E-state index in [1.165, 1.54) is 0 Å². The summed E-state index contributed by atoms with van der Waals surface area (Å²) in [7, 11) is -3.76. The van der Waals surface area contributed by atoms with Gasteiger partial charge in [-0.2, -0.15) is 0 Å². The molecular weight excluding hydrogens is 591 g/mol. The molecule has 0 aliphatic rings. The fraction of sp³-hybridized carbons (Fsp3) is 0.600. The van der Waals surface area contributed by atoms with Gasteiger partial charge in [0.2, 0.25) is 7.44 Å². The molecule has 0 aromatic heterocycles. The van der Waals surface area contributed by atoms with Gasteiger partial charge in [-0.1, -0.05) is 53.7 Å². The van der Waals surface area contributed by atoms with Gasteiger partial charge in [0.05, 0.1) is 12.2 Å². The zero-order chi connectivity index (χ0) is 34.2. The van der Waals surface area contributed by atoms with Crippen molar-refractivity contribution in [3.05, 3.63) is 58.1 Å². The predicted octanol–water partition coefficient (Wildman–Crippen LogP) is 7.38. The predicted molar refractivity (Wildman–Crippen MR) is 180 cm³/mol. The molecule has 2 aromatic rings. The molecule has 0 saturated carbocycles. The Morgan fingerprint density at radius 2 is 1.24 bits per heavy atom. The minimum absolute atomic E-state index is 0.200. The van der Waals surface area contributed by atoms with Gasteiger partial charge in [0.15, 0.2) is 6.35 Å². The fourth-order valence-electron chi connectivity index (χ4n) is 4.98. The van der Waals surface area contributed by atoms with Crippen LogP contribution in [0.3, 0.4) is 0 Å². The van der Waals surface area contributed by atoms with Gasteiger partial charge in [0.25, 0.3) is 0 Å². The normalized spacial score (nSPS) is 14.6. The molecule has 0 radical (unpaired) electrons. The highest BCUT2D eigenvalue weighted by Gasteiger charge is 2.38. The summed E-state index contributed by atoms with van der Waals surface area (Å²) < 4.78 is 31.7. The number of nitrogens with one attached hydrogen (secondary N) is 2. The van der Waals surface area contributed by atoms with Gasteiger partial charge in [-0.25, -0.2) is 10.2 Å². The summed E-state index contributed by atoms with van der Waals surface area (Å²) >= 11 is 0. The van der Waals surface area contributed by atoms with Gasteiger partial charge in [-0.05, 0) is 112 Å². The van der Waals surface area contributed by atoms with Gasteiger partial charge < -0.3 is 19.3 Å². The molecule has 0 aliphatic heterocycles. The van der Waals surface area contributed by atoms with E-state index in [2.05, 4.69) is 24.0 Å². The SMILES string of the molecule is Cc1cc(OCP(=O)(NC(C(=O)OC(C)C)C(C)C)NC(C(=O)OC(C)C)C(C)C)cc(C)c1Cc1ccc(O)c(C(C)C)c1. The molecule has 2 rings (SSSR count). The Kier molecular flexibility index (Phi) is 14.2. The molecule has 0 heterocycles. The quantitative estimate of drug-likeness (QED) is 0.127. The number of rotatable bonds is 16. The Labute approximate surface area is 270 Å². The van der Waals surface area contributed by atoms with Crippen molar-refractivity contribution in [1.29, 1.82) is 0 Å². The van der Waals surface area contributed by atoms with E-state index in [1.54, 1.807) is 33.8 Å². The van der Waals surface area contributed by atoms with Crippen LogP contribution in [-0.4, -0.2) is 47.7 Å². The number of esters is 2. The second kappa shape index (κ2) is 16.6. The molecule has 9 nitrogen and oxygen atoms in total. The van der Waals surface area contributed by atoms with E-state index >= 15 is 0 Å². The average molecular weight is 647 g/mol. The summed E-state index contributed by atoms with van der Waals surface area (Å²) in [5.74, 6) is -0.559. The van der Waals surface area contributed by atoms with Gasteiger partial charge in [0, 0.05) is 0 Å². The van der Waals surface area contributed by atoms with Gasteiger partial charge in [-0.15, -0.1) is 0 Å². The van der Waals surface area contributed by atoms with Crippen LogP contribution < -0.4 is 14.9 Å². The second-order valence-electron chi connectivity index (χ2n) is 13.4. The molecule has 0 fully saturated rings. The molecule has 10 heteroatoms. The summed E-state index contributed by atoms with van der Waals surface area (Å²) in [6, 6.07) is 7.70. The van der Waals surface area contributed by atoms with Crippen LogP contribution in [0.25, 0.3) is 0 Å². The van der Waals surface area contributed by atoms with Crippen LogP contribution in [0.1, 0.15) is 103 Å². The maximum atomic E-state index is 14.6. The number of ether oxygens (including phenoxy) is 3. The van der Waals surface area contributed by atoms with E-state index in [4.69, 9.17) is 14.2 Å². The van der Waals surface area contributed by atoms with Crippen molar-refractivity contribution in [2.45, 2.75) is 120 Å². The van der Waals surface area contributed by atoms with Crippen LogP contribution >= 0.6 is 7.44 Å². The largest absolute Gasteiger partial charge is 0.508 e. The first-order valence-corrected chi connectivity index (χ1v) is 17.8. The lowest BCUT2D eigenvalue weighted by Gasteiger charge is -2.32. The maximum Gasteiger partial charge on any atom is 0.324 e. The number of hydrogen-bond donors (Lipinski definition) is 3. The van der Waals surface area contributed by atoms with Crippen molar-refractivity contribution in [3.63, 3.8) is 0 Å². The topological polar surface area (TPSA) is 123 Å². The zero-order valence-electron chi connectivity index (χ0n) is 29.2. The fourth-order valence-corrected chi connectivity index (χ4v) is 7.24. The molecular formula is C35H55N2O7P. The minimum Gasteiger partial charge on any atom is -0.508 e. The number of hydrogen-bond acceptors (Lipinski definition) is 7. The third-order valence-corrected chi connectivity index (χ3v) is 9.30. The standard InChI is InChI=1S/C35H55N2O7P/c1-20(2)29-17-27(13-14-31(29)38)18-30-25(11)15-28(16-26(30)12)42-19-45(41,36-32(21(3)4)34(39)43-23(7)8)37-33(22(5)6)35(40)44-24(9)10/h13-17,20-24,32-33,38H,18-19H2,1-12H3,(H2,36,37,41). The number of phenols is 1. The third-order valence-electron chi connectivity index (χ3n) is 7.42. The van der Waals surface area contributed by atoms with Crippen LogP contribution in [-0.2, 0) is 30.0 Å². The summed E-state index contributed by atoms with van der Waals surface area (Å²) in [6.07, 6.45) is -0.341. The summed E-state index contributed by atoms with van der Waals surface area (Å²) in [5, 5.41) is 16.3. The minimum atomic E-state index is -3.76. The van der Waals surface area contributed by atoms with Crippen LogP contribution in [0, 0.1) is 25.7 Å². The lowest BCUT2D eigenvalue weighted by molar-refractivity contribution is -0.151. The molecule has 45 heavy (non-hydrogen) atoms. The van der Waals surface area contributed by atoms with Crippen LogP contribution in [0.15, 0.2) is 30.3 Å². The monoisotopic (exact) mass is 646 g/mol. The maximum absolute atomic E-state index is 14.6. The van der Waals surface area contributed by atoms with Crippen molar-refractivity contribution in [3.8, 4) is 11.5 Å². The number of carbonyl (C=O) groups excluding carboxylic acids is 2. The summed E-state index contributed by atoms with van der Waals surface area (Å²) in [4.78, 5) is 26.0. The highest BCUT2D eigenvalue weighted by Crippen LogP contribution is 2.40. The Bertz CT molecular complexity index is 1290. The van der Waals surface area contributed by atoms with Crippen molar-refractivity contribution in [2.75, 3.05) is 6.35 Å². The molecule has 2 aromatic carbocycles. The Hall–Kier alpha value is -2.87. The molecule has 2 atom stereocenters. The van der Waals surface area contributed by atoms with Gasteiger partial charge >= 0.3 is 11.9 Å². The van der Waals surface area contributed by atoms with Crippen LogP contribution in [0.4, 0.5) is 0 Å². The smallest absolute Gasteiger partial charge is 0.324 e. The molecule has 2 unspecified atom stereocenters. The molecule has 252 valence electrons. The Morgan fingerprint density at radius 1 is 0.778 bits per heavy atom. The van der Waals surface area contributed by atoms with Crippen LogP contribution in [0.5, 0.6) is 11.5 Å². The van der Waals surface area contributed by atoms with Crippen molar-refractivity contribution in [1.82, 2.24) is 10.2 Å². The van der Waals surface area contributed by atoms with E-state index in [1.807, 2.05) is 65.8 Å². The molecule has 0 spiro atoms. The first kappa shape index (κ1) is 38.3. The molecule has 0 saturated heterocycles. The first-order valence-electron chi connectivity index (χ1n) is 15.9. The van der Waals surface area contributed by atoms with Crippen molar-refractivity contribution >= 4 is 19.4 Å². The molecule has 0 aliphatic carbocycles. The molecule has 0 amide bonds. The summed E-state index contributed by atoms with van der Waals surface area (Å²) in [5.41, 5.74) is 5.14. The summed E-state index contributed by atoms with van der Waals surface area (Å²) in [6.45, 7) is 22.5. The second-order valence-corrected chi connectivity index (χ2v) is 15.7. The Balaban J connectivity index is 2.41. The molecule has 0 bridgehead atoms. The Morgan fingerprint density at radius 3 is 1.64 bits per heavy atom. The van der Waals surface area contributed by atoms with E-state index in [-0.39, 0.29) is 36.3 Å². The number of benzene rings is 2. The van der Waals surface area contributed by atoms with E-state index in [0.29, 0.717) is 17.9 Å². The number of carbonyl (C=O) groups is 2. The van der Waals surface area contributed by atoms with Gasteiger partial charge in [-0.3, -0.25) is 14.2 Å². The first-order chi connectivity index (χ1) is 20.8. The highest BCUT2D eigenvalue weighted by atomic mass is 31.2. The van der Waals surface area contributed by atoms with E-state index in [9.17, 15) is 19.3 Å². The number of phenolic OH excluding ortho intramolecular Hbond substituents is 1.